The molecule has 3 N–H and O–H groups in total. The van der Waals surface area contributed by atoms with Crippen molar-refractivity contribution in [3.8, 4) is 0 Å². The van der Waals surface area contributed by atoms with Crippen molar-refractivity contribution in [2.24, 2.45) is 0 Å². The van der Waals surface area contributed by atoms with E-state index in [1.165, 1.54) is 6.07 Å². The molecule has 0 bridgehead atoms. The number of nitrogens with one attached hydrogen (secondary N) is 1. The van der Waals surface area contributed by atoms with E-state index in [9.17, 15) is 10.1 Å². The van der Waals surface area contributed by atoms with Crippen LogP contribution in [0.1, 0.15) is 5.76 Å². The second kappa shape index (κ2) is 4.56. The van der Waals surface area contributed by atoms with E-state index in [0.717, 1.165) is 0 Å². The first-order valence-corrected chi connectivity index (χ1v) is 4.97. The van der Waals surface area contributed by atoms with E-state index < -0.39 is 4.92 Å². The molecule has 0 saturated carbocycles. The summed E-state index contributed by atoms with van der Waals surface area (Å²) >= 11 is 0. The molecular formula is C11H11N3O3. The second-order valence-corrected chi connectivity index (χ2v) is 3.47. The topological polar surface area (TPSA) is 94.3 Å². The van der Waals surface area contributed by atoms with Crippen LogP contribution in [0.4, 0.5) is 17.1 Å². The van der Waals surface area contributed by atoms with Gasteiger partial charge in [0.1, 0.15) is 11.4 Å². The number of nitrogens with zero attached hydrogens (tertiary/aromatic N) is 1. The molecule has 0 fully saturated rings. The highest BCUT2D eigenvalue weighted by molar-refractivity contribution is 5.66. The van der Waals surface area contributed by atoms with Crippen molar-refractivity contribution in [2.45, 2.75) is 6.54 Å². The van der Waals surface area contributed by atoms with E-state index in [1.807, 2.05) is 0 Å². The molecule has 0 saturated heterocycles. The predicted octanol–water partition coefficient (Wildman–Crippen LogP) is 2.38. The van der Waals surface area contributed by atoms with Gasteiger partial charge in [0.05, 0.1) is 17.7 Å². The fourth-order valence-corrected chi connectivity index (χ4v) is 1.44. The second-order valence-electron chi connectivity index (χ2n) is 3.47. The molecule has 2 aromatic rings. The number of nitro groups is 1. The first-order chi connectivity index (χ1) is 8.16. The Labute approximate surface area is 97.2 Å². The van der Waals surface area contributed by atoms with E-state index in [0.29, 0.717) is 23.7 Å². The van der Waals surface area contributed by atoms with Gasteiger partial charge < -0.3 is 15.5 Å². The number of hydrogen-bond acceptors (Lipinski definition) is 5. The van der Waals surface area contributed by atoms with Crippen molar-refractivity contribution in [1.82, 2.24) is 0 Å². The van der Waals surface area contributed by atoms with E-state index in [4.69, 9.17) is 10.2 Å². The molecule has 1 heterocycles. The average Bonchev–Trinajstić information content (AvgIpc) is 2.80. The largest absolute Gasteiger partial charge is 0.467 e. The third-order valence-electron chi connectivity index (χ3n) is 2.25. The van der Waals surface area contributed by atoms with Crippen molar-refractivity contribution in [3.63, 3.8) is 0 Å². The molecular weight excluding hydrogens is 222 g/mol. The van der Waals surface area contributed by atoms with Crippen LogP contribution in [0.3, 0.4) is 0 Å². The Balaban J connectivity index is 2.17. The lowest BCUT2D eigenvalue weighted by atomic mass is 10.2. The molecule has 1 aromatic heterocycles. The first-order valence-electron chi connectivity index (χ1n) is 4.97. The summed E-state index contributed by atoms with van der Waals surface area (Å²) in [7, 11) is 0. The van der Waals surface area contributed by atoms with Gasteiger partial charge in [-0.05, 0) is 24.3 Å². The Morgan fingerprint density at radius 1 is 1.41 bits per heavy atom. The lowest BCUT2D eigenvalue weighted by Crippen LogP contribution is -2.02. The molecule has 88 valence electrons. The monoisotopic (exact) mass is 233 g/mol. The van der Waals surface area contributed by atoms with Crippen LogP contribution in [0, 0.1) is 10.1 Å². The van der Waals surface area contributed by atoms with Gasteiger partial charge in [0.2, 0.25) is 0 Å². The Kier molecular flexibility index (Phi) is 2.95. The molecule has 0 radical (unpaired) electrons. The summed E-state index contributed by atoms with van der Waals surface area (Å²) in [6.07, 6.45) is 1.55. The number of hydrogen-bond donors (Lipinski definition) is 2. The van der Waals surface area contributed by atoms with Gasteiger partial charge in [-0.25, -0.2) is 0 Å². The summed E-state index contributed by atoms with van der Waals surface area (Å²) in [5.41, 5.74) is 6.24. The molecule has 6 nitrogen and oxygen atoms in total. The molecule has 0 unspecified atom stereocenters. The zero-order valence-electron chi connectivity index (χ0n) is 8.92. The Hall–Kier alpha value is -2.50. The third-order valence-corrected chi connectivity index (χ3v) is 2.25. The average molecular weight is 233 g/mol. The molecule has 2 rings (SSSR count). The zero-order valence-corrected chi connectivity index (χ0v) is 8.92. The summed E-state index contributed by atoms with van der Waals surface area (Å²) in [5, 5.41) is 13.8. The SMILES string of the molecule is Nc1ccc(NCc2ccco2)c([N+](=O)[O-])c1. The van der Waals surface area contributed by atoms with Gasteiger partial charge in [-0.15, -0.1) is 0 Å². The van der Waals surface area contributed by atoms with Gasteiger partial charge >= 0.3 is 0 Å². The number of nitrogens with two attached hydrogens (primary N) is 1. The lowest BCUT2D eigenvalue weighted by molar-refractivity contribution is -0.383. The summed E-state index contributed by atoms with van der Waals surface area (Å²) in [6.45, 7) is 0.387. The standard InChI is InChI=1S/C11H11N3O3/c12-8-3-4-10(11(6-8)14(15)16)13-7-9-2-1-5-17-9/h1-6,13H,7,12H2. The van der Waals surface area contributed by atoms with E-state index in [1.54, 1.807) is 30.5 Å². The van der Waals surface area contributed by atoms with Crippen molar-refractivity contribution >= 4 is 17.1 Å². The summed E-state index contributed by atoms with van der Waals surface area (Å²) in [6, 6.07) is 8.06. The Morgan fingerprint density at radius 3 is 2.88 bits per heavy atom. The summed E-state index contributed by atoms with van der Waals surface area (Å²) in [5.74, 6) is 0.705. The van der Waals surface area contributed by atoms with Gasteiger partial charge in [0.15, 0.2) is 0 Å². The molecule has 1 aromatic carbocycles. The first kappa shape index (κ1) is 11.0. The highest BCUT2D eigenvalue weighted by Gasteiger charge is 2.13. The van der Waals surface area contributed by atoms with E-state index in [-0.39, 0.29) is 5.69 Å². The fourth-order valence-electron chi connectivity index (χ4n) is 1.44. The van der Waals surface area contributed by atoms with Crippen LogP contribution in [-0.4, -0.2) is 4.92 Å². The highest BCUT2D eigenvalue weighted by atomic mass is 16.6. The molecule has 0 aliphatic carbocycles. The molecule has 0 atom stereocenters. The van der Waals surface area contributed by atoms with Crippen molar-refractivity contribution in [3.05, 3.63) is 52.5 Å². The highest BCUT2D eigenvalue weighted by Crippen LogP contribution is 2.26. The van der Waals surface area contributed by atoms with Crippen LogP contribution in [-0.2, 0) is 6.54 Å². The maximum atomic E-state index is 10.8. The predicted molar refractivity (Wildman–Crippen MR) is 63.5 cm³/mol. The minimum Gasteiger partial charge on any atom is -0.467 e. The van der Waals surface area contributed by atoms with Crippen LogP contribution in [0.15, 0.2) is 41.0 Å². The van der Waals surface area contributed by atoms with Crippen LogP contribution in [0.2, 0.25) is 0 Å². The number of anilines is 2. The summed E-state index contributed by atoms with van der Waals surface area (Å²) < 4.78 is 5.12. The van der Waals surface area contributed by atoms with E-state index >= 15 is 0 Å². The maximum absolute atomic E-state index is 10.8. The van der Waals surface area contributed by atoms with Crippen molar-refractivity contribution < 1.29 is 9.34 Å². The Morgan fingerprint density at radius 2 is 2.24 bits per heavy atom. The normalized spacial score (nSPS) is 10.1. The van der Waals surface area contributed by atoms with Gasteiger partial charge in [-0.3, -0.25) is 10.1 Å². The van der Waals surface area contributed by atoms with Crippen molar-refractivity contribution in [1.29, 1.82) is 0 Å². The van der Waals surface area contributed by atoms with Gasteiger partial charge in [-0.1, -0.05) is 0 Å². The smallest absolute Gasteiger partial charge is 0.294 e. The molecule has 0 aliphatic rings. The third kappa shape index (κ3) is 2.54. The number of nitrogen functional groups attached to an aromatic ring is 1. The number of nitro benzene ring substituents is 1. The van der Waals surface area contributed by atoms with E-state index in [2.05, 4.69) is 5.32 Å². The lowest BCUT2D eigenvalue weighted by Gasteiger charge is -2.05. The zero-order chi connectivity index (χ0) is 12.3. The molecule has 6 heteroatoms. The van der Waals surface area contributed by atoms with Crippen LogP contribution >= 0.6 is 0 Å². The van der Waals surface area contributed by atoms with Crippen LogP contribution in [0.5, 0.6) is 0 Å². The van der Waals surface area contributed by atoms with Gasteiger partial charge in [-0.2, -0.15) is 0 Å². The van der Waals surface area contributed by atoms with Crippen LogP contribution in [0.25, 0.3) is 0 Å². The molecule has 0 aliphatic heterocycles. The Bertz CT molecular complexity index is 523. The molecule has 0 spiro atoms. The number of furan rings is 1. The summed E-state index contributed by atoms with van der Waals surface area (Å²) in [4.78, 5) is 10.4. The van der Waals surface area contributed by atoms with Gasteiger partial charge in [0.25, 0.3) is 5.69 Å². The van der Waals surface area contributed by atoms with Crippen LogP contribution < -0.4 is 11.1 Å². The molecule has 17 heavy (non-hydrogen) atoms. The maximum Gasteiger partial charge on any atom is 0.294 e. The fraction of sp³-hybridized carbons (Fsp3) is 0.0909. The molecule has 0 amide bonds. The number of benzene rings is 1. The quantitative estimate of drug-likeness (QED) is 0.480. The minimum atomic E-state index is -0.471. The van der Waals surface area contributed by atoms with Crippen molar-refractivity contribution in [2.75, 3.05) is 11.1 Å². The minimum absolute atomic E-state index is 0.0449. The number of rotatable bonds is 4. The van der Waals surface area contributed by atoms with Gasteiger partial charge in [0, 0.05) is 11.8 Å².